The van der Waals surface area contributed by atoms with E-state index in [1.807, 2.05) is 19.1 Å². The van der Waals surface area contributed by atoms with Crippen LogP contribution in [-0.2, 0) is 0 Å². The van der Waals surface area contributed by atoms with Crippen LogP contribution in [0.15, 0.2) is 54.7 Å². The van der Waals surface area contributed by atoms with Gasteiger partial charge < -0.3 is 15.7 Å². The lowest BCUT2D eigenvalue weighted by Gasteiger charge is -2.34. The maximum Gasteiger partial charge on any atom is 0.410 e. The van der Waals surface area contributed by atoms with Crippen LogP contribution in [0.2, 0.25) is 0 Å². The Hall–Kier alpha value is -3.33. The number of aliphatic hydroxyl groups is 1. The van der Waals surface area contributed by atoms with Crippen LogP contribution in [0.5, 0.6) is 0 Å². The molecule has 2 aromatic carbocycles. The van der Waals surface area contributed by atoms with Gasteiger partial charge in [-0.05, 0) is 37.1 Å². The van der Waals surface area contributed by atoms with Crippen molar-refractivity contribution in [1.29, 1.82) is 0 Å². The van der Waals surface area contributed by atoms with Crippen molar-refractivity contribution >= 4 is 17.4 Å². The van der Waals surface area contributed by atoms with Crippen LogP contribution in [-0.4, -0.2) is 27.0 Å². The molecule has 0 aliphatic carbocycles. The molecule has 32 heavy (non-hydrogen) atoms. The Balaban J connectivity index is 1.67. The topological polar surface area (TPSA) is 79.2 Å². The molecule has 1 amide bonds. The van der Waals surface area contributed by atoms with Crippen LogP contribution < -0.4 is 10.6 Å². The summed E-state index contributed by atoms with van der Waals surface area (Å²) in [5.74, 6) is -0.569. The number of nitrogens with one attached hydrogen (secondary N) is 2. The smallest absolute Gasteiger partial charge is 0.389 e. The number of aliphatic hydroxyl groups excluding tert-OH is 1. The summed E-state index contributed by atoms with van der Waals surface area (Å²) in [5.41, 5.74) is 2.74. The van der Waals surface area contributed by atoms with Crippen molar-refractivity contribution in [3.05, 3.63) is 77.0 Å². The summed E-state index contributed by atoms with van der Waals surface area (Å²) in [4.78, 5) is 12.9. The number of hydrogen-bond acceptors (Lipinski definition) is 4. The third-order valence-electron chi connectivity index (χ3n) is 5.59. The first-order chi connectivity index (χ1) is 15.1. The maximum atomic E-state index is 13.8. The number of anilines is 2. The fourth-order valence-corrected chi connectivity index (χ4v) is 3.82. The molecule has 0 radical (unpaired) electrons. The van der Waals surface area contributed by atoms with Gasteiger partial charge in [0.1, 0.15) is 11.4 Å². The third kappa shape index (κ3) is 4.34. The maximum absolute atomic E-state index is 13.8. The van der Waals surface area contributed by atoms with Crippen LogP contribution in [0.4, 0.5) is 24.7 Å². The Kier molecular flexibility index (Phi) is 5.68. The molecule has 0 bridgehead atoms. The Morgan fingerprint density at radius 3 is 2.62 bits per heavy atom. The number of halogens is 3. The molecule has 1 aromatic heterocycles. The van der Waals surface area contributed by atoms with E-state index in [-0.39, 0.29) is 17.8 Å². The molecule has 4 rings (SSSR count). The van der Waals surface area contributed by atoms with Gasteiger partial charge in [-0.15, -0.1) is 0 Å². The second-order valence-electron chi connectivity index (χ2n) is 8.01. The standard InChI is InChI=1S/C23H23F3N4O2/c1-13-6-8-15(9-7-13)19-11-20(23(24,25)26)30-21(29-19)18(12-27-30)22(32)28-17-5-3-4-16(10-17)14(2)31/h3-10,12,14,19-20,29,31H,11H2,1-2H3,(H,28,32)/t14-,19-,20+/m0/s1. The highest BCUT2D eigenvalue weighted by Crippen LogP contribution is 2.44. The summed E-state index contributed by atoms with van der Waals surface area (Å²) in [7, 11) is 0. The molecule has 2 heterocycles. The molecule has 0 saturated carbocycles. The zero-order valence-electron chi connectivity index (χ0n) is 17.5. The molecule has 3 atom stereocenters. The molecule has 168 valence electrons. The predicted octanol–water partition coefficient (Wildman–Crippen LogP) is 5.16. The summed E-state index contributed by atoms with van der Waals surface area (Å²) in [6.07, 6.45) is -4.34. The van der Waals surface area contributed by atoms with E-state index in [2.05, 4.69) is 15.7 Å². The Labute approximate surface area is 183 Å². The van der Waals surface area contributed by atoms with Gasteiger partial charge in [0.15, 0.2) is 6.04 Å². The summed E-state index contributed by atoms with van der Waals surface area (Å²) < 4.78 is 42.4. The molecule has 3 N–H and O–H groups in total. The minimum atomic E-state index is -4.52. The Morgan fingerprint density at radius 1 is 1.25 bits per heavy atom. The number of nitrogens with zero attached hydrogens (tertiary/aromatic N) is 2. The molecule has 0 fully saturated rings. The van der Waals surface area contributed by atoms with Gasteiger partial charge in [-0.3, -0.25) is 4.79 Å². The van der Waals surface area contributed by atoms with Gasteiger partial charge in [0.25, 0.3) is 5.91 Å². The Bertz CT molecular complexity index is 1120. The first-order valence-electron chi connectivity index (χ1n) is 10.2. The summed E-state index contributed by atoms with van der Waals surface area (Å²) in [6.45, 7) is 3.50. The van der Waals surface area contributed by atoms with Gasteiger partial charge in [0.05, 0.1) is 18.3 Å². The van der Waals surface area contributed by atoms with E-state index in [4.69, 9.17) is 0 Å². The molecule has 6 nitrogen and oxygen atoms in total. The van der Waals surface area contributed by atoms with Gasteiger partial charge in [-0.2, -0.15) is 18.3 Å². The van der Waals surface area contributed by atoms with E-state index < -0.39 is 30.3 Å². The van der Waals surface area contributed by atoms with Crippen molar-refractivity contribution in [2.75, 3.05) is 10.6 Å². The zero-order valence-corrected chi connectivity index (χ0v) is 17.5. The number of alkyl halides is 3. The molecule has 3 aromatic rings. The number of carbonyl (C=O) groups excluding carboxylic acids is 1. The molecular weight excluding hydrogens is 421 g/mol. The third-order valence-corrected chi connectivity index (χ3v) is 5.59. The van der Waals surface area contributed by atoms with Crippen molar-refractivity contribution in [3.63, 3.8) is 0 Å². The highest BCUT2D eigenvalue weighted by molar-refractivity contribution is 6.07. The van der Waals surface area contributed by atoms with E-state index in [0.717, 1.165) is 16.4 Å². The first-order valence-corrected chi connectivity index (χ1v) is 10.2. The molecule has 0 saturated heterocycles. The molecule has 1 aliphatic rings. The van der Waals surface area contributed by atoms with Crippen molar-refractivity contribution in [1.82, 2.24) is 9.78 Å². The number of amides is 1. The summed E-state index contributed by atoms with van der Waals surface area (Å²) in [6, 6.07) is 11.4. The summed E-state index contributed by atoms with van der Waals surface area (Å²) >= 11 is 0. The number of aryl methyl sites for hydroxylation is 1. The van der Waals surface area contributed by atoms with Crippen LogP contribution in [0, 0.1) is 6.92 Å². The number of hydrogen-bond donors (Lipinski definition) is 3. The minimum Gasteiger partial charge on any atom is -0.389 e. The molecule has 9 heteroatoms. The number of fused-ring (bicyclic) bond motifs is 1. The molecular formula is C23H23F3N4O2. The van der Waals surface area contributed by atoms with Gasteiger partial charge in [-0.25, -0.2) is 4.68 Å². The van der Waals surface area contributed by atoms with E-state index in [1.54, 1.807) is 43.3 Å². The average Bonchev–Trinajstić information content (AvgIpc) is 3.17. The first kappa shape index (κ1) is 21.9. The highest BCUT2D eigenvalue weighted by Gasteiger charge is 2.47. The number of carbonyl (C=O) groups is 1. The van der Waals surface area contributed by atoms with Gasteiger partial charge >= 0.3 is 6.18 Å². The van der Waals surface area contributed by atoms with Crippen molar-refractivity contribution < 1.29 is 23.1 Å². The van der Waals surface area contributed by atoms with E-state index in [9.17, 15) is 23.1 Å². The second-order valence-corrected chi connectivity index (χ2v) is 8.01. The van der Waals surface area contributed by atoms with Gasteiger partial charge in [0, 0.05) is 12.1 Å². The fourth-order valence-electron chi connectivity index (χ4n) is 3.82. The van der Waals surface area contributed by atoms with E-state index in [1.165, 1.54) is 0 Å². The van der Waals surface area contributed by atoms with Crippen molar-refractivity contribution in [2.24, 2.45) is 0 Å². The number of aromatic nitrogens is 2. The lowest BCUT2D eigenvalue weighted by atomic mass is 9.96. The van der Waals surface area contributed by atoms with Gasteiger partial charge in [-0.1, -0.05) is 42.0 Å². The van der Waals surface area contributed by atoms with Gasteiger partial charge in [0.2, 0.25) is 0 Å². The summed E-state index contributed by atoms with van der Waals surface area (Å²) in [5, 5.41) is 19.4. The average molecular weight is 444 g/mol. The minimum absolute atomic E-state index is 0.0125. The highest BCUT2D eigenvalue weighted by atomic mass is 19.4. The normalized spacial score (nSPS) is 19.1. The predicted molar refractivity (Wildman–Crippen MR) is 115 cm³/mol. The van der Waals surface area contributed by atoms with E-state index in [0.29, 0.717) is 16.8 Å². The SMILES string of the molecule is Cc1ccc([C@@H]2C[C@H](C(F)(F)F)n3ncc(C(=O)Nc4cccc([C@H](C)O)c4)c3N2)cc1. The molecule has 0 spiro atoms. The lowest BCUT2D eigenvalue weighted by Crippen LogP contribution is -2.36. The van der Waals surface area contributed by atoms with Crippen LogP contribution in [0.25, 0.3) is 0 Å². The largest absolute Gasteiger partial charge is 0.410 e. The van der Waals surface area contributed by atoms with Crippen LogP contribution in [0.1, 0.15) is 58.6 Å². The Morgan fingerprint density at radius 2 is 1.97 bits per heavy atom. The van der Waals surface area contributed by atoms with Crippen molar-refractivity contribution in [3.8, 4) is 0 Å². The van der Waals surface area contributed by atoms with Crippen LogP contribution >= 0.6 is 0 Å². The zero-order chi connectivity index (χ0) is 23.0. The number of rotatable bonds is 4. The quantitative estimate of drug-likeness (QED) is 0.520. The van der Waals surface area contributed by atoms with Crippen LogP contribution in [0.3, 0.4) is 0 Å². The van der Waals surface area contributed by atoms with Crippen molar-refractivity contribution in [2.45, 2.75) is 44.6 Å². The van der Waals surface area contributed by atoms with E-state index >= 15 is 0 Å². The fraction of sp³-hybridized carbons (Fsp3) is 0.304. The number of benzene rings is 2. The monoisotopic (exact) mass is 444 g/mol. The second kappa shape index (κ2) is 8.31. The lowest BCUT2D eigenvalue weighted by molar-refractivity contribution is -0.173. The molecule has 0 unspecified atom stereocenters. The molecule has 1 aliphatic heterocycles.